The van der Waals surface area contributed by atoms with Crippen LogP contribution in [-0.4, -0.2) is 35.0 Å². The largest absolute Gasteiger partial charge is 0.457 e. The van der Waals surface area contributed by atoms with Crippen LogP contribution in [0.3, 0.4) is 0 Å². The summed E-state index contributed by atoms with van der Waals surface area (Å²) in [5.74, 6) is 0.408. The predicted octanol–water partition coefficient (Wildman–Crippen LogP) is 4.42. The second-order valence-electron chi connectivity index (χ2n) is 6.78. The SMILES string of the molecule is NC(=O)C1CCN(C2=NC(=O)/C(=C/c3ccc(-c4cccc(Cl)c4Cl)o3)S2)CC1. The number of halogens is 2. The summed E-state index contributed by atoms with van der Waals surface area (Å²) >= 11 is 13.6. The van der Waals surface area contributed by atoms with E-state index < -0.39 is 0 Å². The highest BCUT2D eigenvalue weighted by atomic mass is 35.5. The Morgan fingerprint density at radius 1 is 1.24 bits per heavy atom. The first-order chi connectivity index (χ1) is 13.9. The number of hydrogen-bond acceptors (Lipinski definition) is 5. The van der Waals surface area contributed by atoms with Gasteiger partial charge in [-0.25, -0.2) is 0 Å². The van der Waals surface area contributed by atoms with Crippen LogP contribution in [0.5, 0.6) is 0 Å². The zero-order valence-electron chi connectivity index (χ0n) is 15.2. The van der Waals surface area contributed by atoms with Crippen molar-refractivity contribution in [2.24, 2.45) is 16.6 Å². The number of likely N-dealkylation sites (tertiary alicyclic amines) is 1. The van der Waals surface area contributed by atoms with E-state index in [-0.39, 0.29) is 17.7 Å². The van der Waals surface area contributed by atoms with Gasteiger partial charge in [-0.15, -0.1) is 0 Å². The first-order valence-corrected chi connectivity index (χ1v) is 10.6. The highest BCUT2D eigenvalue weighted by Crippen LogP contribution is 2.36. The fraction of sp³-hybridized carbons (Fsp3) is 0.250. The van der Waals surface area contributed by atoms with Gasteiger partial charge in [-0.3, -0.25) is 9.59 Å². The summed E-state index contributed by atoms with van der Waals surface area (Å²) in [6.07, 6.45) is 3.01. The number of aliphatic imine (C=N–C) groups is 1. The van der Waals surface area contributed by atoms with Crippen LogP contribution >= 0.6 is 35.0 Å². The molecule has 1 saturated heterocycles. The average molecular weight is 450 g/mol. The molecule has 6 nitrogen and oxygen atoms in total. The topological polar surface area (TPSA) is 88.9 Å². The maximum Gasteiger partial charge on any atom is 0.286 e. The molecule has 0 aliphatic carbocycles. The van der Waals surface area contributed by atoms with Crippen LogP contribution in [0.1, 0.15) is 18.6 Å². The first-order valence-electron chi connectivity index (χ1n) is 9.03. The molecule has 4 rings (SSSR count). The van der Waals surface area contributed by atoms with Gasteiger partial charge < -0.3 is 15.1 Å². The molecule has 2 aliphatic rings. The van der Waals surface area contributed by atoms with Gasteiger partial charge >= 0.3 is 0 Å². The van der Waals surface area contributed by atoms with Crippen molar-refractivity contribution in [3.8, 4) is 11.3 Å². The molecule has 2 aromatic rings. The van der Waals surface area contributed by atoms with E-state index in [1.165, 1.54) is 11.8 Å². The van der Waals surface area contributed by atoms with Crippen molar-refractivity contribution in [2.45, 2.75) is 12.8 Å². The van der Waals surface area contributed by atoms with Gasteiger partial charge in [0.25, 0.3) is 5.91 Å². The maximum absolute atomic E-state index is 12.3. The summed E-state index contributed by atoms with van der Waals surface area (Å²) < 4.78 is 5.84. The van der Waals surface area contributed by atoms with Crippen molar-refractivity contribution in [3.63, 3.8) is 0 Å². The number of piperidine rings is 1. The molecule has 1 fully saturated rings. The number of furan rings is 1. The van der Waals surface area contributed by atoms with Gasteiger partial charge in [0.2, 0.25) is 5.91 Å². The van der Waals surface area contributed by atoms with E-state index in [4.69, 9.17) is 33.4 Å². The monoisotopic (exact) mass is 449 g/mol. The van der Waals surface area contributed by atoms with E-state index in [0.29, 0.717) is 63.1 Å². The molecule has 0 bridgehead atoms. The Balaban J connectivity index is 1.47. The van der Waals surface area contributed by atoms with Crippen LogP contribution in [-0.2, 0) is 9.59 Å². The Labute approximate surface area is 181 Å². The Morgan fingerprint density at radius 2 is 2.00 bits per heavy atom. The second kappa shape index (κ2) is 8.26. The molecule has 29 heavy (non-hydrogen) atoms. The number of carbonyl (C=O) groups is 2. The van der Waals surface area contributed by atoms with Crippen LogP contribution in [0.2, 0.25) is 10.0 Å². The van der Waals surface area contributed by atoms with Gasteiger partial charge in [0.05, 0.1) is 15.0 Å². The number of amidine groups is 1. The Bertz CT molecular complexity index is 1040. The molecular weight excluding hydrogens is 433 g/mol. The highest BCUT2D eigenvalue weighted by Gasteiger charge is 2.30. The molecule has 2 N–H and O–H groups in total. The Kier molecular flexibility index (Phi) is 5.72. The fourth-order valence-corrected chi connectivity index (χ4v) is 4.63. The minimum Gasteiger partial charge on any atom is -0.457 e. The van der Waals surface area contributed by atoms with E-state index in [9.17, 15) is 9.59 Å². The fourth-order valence-electron chi connectivity index (χ4n) is 3.29. The number of hydrogen-bond donors (Lipinski definition) is 1. The van der Waals surface area contributed by atoms with Crippen LogP contribution in [0.15, 0.2) is 44.6 Å². The van der Waals surface area contributed by atoms with Crippen LogP contribution < -0.4 is 5.73 Å². The molecule has 2 amide bonds. The molecule has 1 aromatic carbocycles. The third kappa shape index (κ3) is 4.22. The lowest BCUT2D eigenvalue weighted by Crippen LogP contribution is -2.40. The molecule has 0 radical (unpaired) electrons. The summed E-state index contributed by atoms with van der Waals surface area (Å²) in [5.41, 5.74) is 6.06. The minimum absolute atomic E-state index is 0.108. The normalized spacial score (nSPS) is 19.1. The number of nitrogens with two attached hydrogens (primary N) is 1. The highest BCUT2D eigenvalue weighted by molar-refractivity contribution is 8.18. The predicted molar refractivity (Wildman–Crippen MR) is 116 cm³/mol. The van der Waals surface area contributed by atoms with Crippen LogP contribution in [0.25, 0.3) is 17.4 Å². The quantitative estimate of drug-likeness (QED) is 0.700. The summed E-state index contributed by atoms with van der Waals surface area (Å²) in [6.45, 7) is 1.30. The molecule has 2 aliphatic heterocycles. The van der Waals surface area contributed by atoms with Gasteiger partial charge in [0.1, 0.15) is 11.5 Å². The lowest BCUT2D eigenvalue weighted by Gasteiger charge is -2.31. The Hall–Kier alpha value is -2.22. The minimum atomic E-state index is -0.305. The third-order valence-corrected chi connectivity index (χ3v) is 6.76. The second-order valence-corrected chi connectivity index (χ2v) is 8.57. The summed E-state index contributed by atoms with van der Waals surface area (Å²) in [6, 6.07) is 8.87. The first kappa shape index (κ1) is 20.1. The van der Waals surface area contributed by atoms with Gasteiger partial charge in [-0.05, 0) is 48.9 Å². The van der Waals surface area contributed by atoms with Crippen LogP contribution in [0.4, 0.5) is 0 Å². The van der Waals surface area contributed by atoms with E-state index in [0.717, 1.165) is 0 Å². The average Bonchev–Trinajstić information content (AvgIpc) is 3.31. The van der Waals surface area contributed by atoms with Crippen molar-refractivity contribution >= 4 is 58.0 Å². The molecule has 9 heteroatoms. The number of rotatable bonds is 3. The number of thioether (sulfide) groups is 1. The van der Waals surface area contributed by atoms with Gasteiger partial charge in [-0.1, -0.05) is 29.3 Å². The van der Waals surface area contributed by atoms with Crippen molar-refractivity contribution in [1.82, 2.24) is 4.90 Å². The van der Waals surface area contributed by atoms with Crippen molar-refractivity contribution in [3.05, 3.63) is 51.0 Å². The van der Waals surface area contributed by atoms with Crippen LogP contribution in [0, 0.1) is 5.92 Å². The van der Waals surface area contributed by atoms with E-state index in [1.807, 2.05) is 11.0 Å². The zero-order valence-corrected chi connectivity index (χ0v) is 17.6. The zero-order chi connectivity index (χ0) is 20.5. The van der Waals surface area contributed by atoms with Crippen molar-refractivity contribution < 1.29 is 14.0 Å². The summed E-state index contributed by atoms with van der Waals surface area (Å²) in [7, 11) is 0. The summed E-state index contributed by atoms with van der Waals surface area (Å²) in [5, 5.41) is 1.51. The third-order valence-electron chi connectivity index (χ3n) is 4.89. The van der Waals surface area contributed by atoms with Gasteiger partial charge in [0, 0.05) is 30.6 Å². The number of primary amides is 1. The smallest absolute Gasteiger partial charge is 0.286 e. The molecular formula is C20H17Cl2N3O3S. The molecule has 0 saturated carbocycles. The molecule has 0 atom stereocenters. The number of carbonyl (C=O) groups excluding carboxylic acids is 2. The van der Waals surface area contributed by atoms with E-state index >= 15 is 0 Å². The molecule has 0 unspecified atom stereocenters. The Morgan fingerprint density at radius 3 is 2.72 bits per heavy atom. The standard InChI is InChI=1S/C20H17Cl2N3O3S/c21-14-3-1-2-13(17(14)22)15-5-4-12(28-15)10-16-19(27)24-20(29-16)25-8-6-11(7-9-25)18(23)26/h1-5,10-11H,6-9H2,(H2,23,26)/b16-10-. The number of nitrogens with zero attached hydrogens (tertiary/aromatic N) is 2. The maximum atomic E-state index is 12.3. The number of benzene rings is 1. The van der Waals surface area contributed by atoms with Gasteiger partial charge in [-0.2, -0.15) is 4.99 Å². The van der Waals surface area contributed by atoms with E-state index in [1.54, 1.807) is 30.3 Å². The van der Waals surface area contributed by atoms with Gasteiger partial charge in [0.15, 0.2) is 5.17 Å². The molecule has 3 heterocycles. The van der Waals surface area contributed by atoms with E-state index in [2.05, 4.69) is 4.99 Å². The van der Waals surface area contributed by atoms with Crippen molar-refractivity contribution in [2.75, 3.05) is 13.1 Å². The lowest BCUT2D eigenvalue weighted by molar-refractivity contribution is -0.123. The molecule has 150 valence electrons. The number of amides is 2. The summed E-state index contributed by atoms with van der Waals surface area (Å²) in [4.78, 5) is 30.3. The lowest BCUT2D eigenvalue weighted by atomic mass is 9.97. The molecule has 0 spiro atoms. The molecule has 1 aromatic heterocycles. The van der Waals surface area contributed by atoms with Crippen molar-refractivity contribution in [1.29, 1.82) is 0 Å².